The van der Waals surface area contributed by atoms with Gasteiger partial charge in [0.1, 0.15) is 5.75 Å². The molecule has 1 N–H and O–H groups in total. The Morgan fingerprint density at radius 1 is 1.26 bits per heavy atom. The highest BCUT2D eigenvalue weighted by Gasteiger charge is 2.20. The van der Waals surface area contributed by atoms with E-state index in [0.717, 1.165) is 35.8 Å². The zero-order chi connectivity index (χ0) is 22.8. The minimum Gasteiger partial charge on any atom is -0.434 e. The molecule has 0 aliphatic carbocycles. The van der Waals surface area contributed by atoms with Gasteiger partial charge in [0.25, 0.3) is 11.6 Å². The van der Waals surface area contributed by atoms with Gasteiger partial charge >= 0.3 is 6.61 Å². The van der Waals surface area contributed by atoms with Crippen molar-refractivity contribution in [2.24, 2.45) is 0 Å². The molecule has 1 amide bonds. The van der Waals surface area contributed by atoms with Crippen molar-refractivity contribution in [3.8, 4) is 17.0 Å². The van der Waals surface area contributed by atoms with E-state index in [0.29, 0.717) is 0 Å². The van der Waals surface area contributed by atoms with E-state index in [9.17, 15) is 32.1 Å². The molecule has 0 aliphatic rings. The fraction of sp³-hybridized carbons (Fsp3) is 0.111. The minimum atomic E-state index is -3.81. The summed E-state index contributed by atoms with van der Waals surface area (Å²) in [5.41, 5.74) is -0.291. The first kappa shape index (κ1) is 22.2. The van der Waals surface area contributed by atoms with E-state index in [4.69, 9.17) is 0 Å². The van der Waals surface area contributed by atoms with E-state index in [1.165, 1.54) is 23.6 Å². The van der Waals surface area contributed by atoms with Gasteiger partial charge in [0.2, 0.25) is 0 Å². The number of para-hydroxylation sites is 1. The monoisotopic (exact) mass is 469 g/mol. The highest BCUT2D eigenvalue weighted by molar-refractivity contribution is 7.90. The zero-order valence-electron chi connectivity index (χ0n) is 15.6. The summed E-state index contributed by atoms with van der Waals surface area (Å²) < 4.78 is 53.2. The van der Waals surface area contributed by atoms with Gasteiger partial charge in [-0.25, -0.2) is 13.4 Å². The lowest BCUT2D eigenvalue weighted by Gasteiger charge is -2.08. The number of rotatable bonds is 7. The van der Waals surface area contributed by atoms with Crippen LogP contribution in [0.2, 0.25) is 0 Å². The molecule has 0 saturated carbocycles. The van der Waals surface area contributed by atoms with Crippen molar-refractivity contribution in [1.82, 2.24) is 4.98 Å². The van der Waals surface area contributed by atoms with Crippen molar-refractivity contribution in [2.45, 2.75) is 11.5 Å². The molecule has 0 aliphatic heterocycles. The van der Waals surface area contributed by atoms with E-state index in [1.807, 2.05) is 0 Å². The van der Waals surface area contributed by atoms with Gasteiger partial charge in [-0.3, -0.25) is 20.2 Å². The number of aromatic nitrogens is 1. The van der Waals surface area contributed by atoms with Crippen LogP contribution in [0.5, 0.6) is 5.75 Å². The van der Waals surface area contributed by atoms with Crippen LogP contribution in [0.25, 0.3) is 11.3 Å². The zero-order valence-corrected chi connectivity index (χ0v) is 17.2. The van der Waals surface area contributed by atoms with Crippen molar-refractivity contribution in [3.05, 3.63) is 63.5 Å². The summed E-state index contributed by atoms with van der Waals surface area (Å²) in [4.78, 5) is 26.6. The number of halogens is 2. The number of hydrogen-bond acceptors (Lipinski definition) is 8. The maximum atomic E-state index is 12.6. The Kier molecular flexibility index (Phi) is 6.27. The average molecular weight is 469 g/mol. The maximum Gasteiger partial charge on any atom is 0.387 e. The second kappa shape index (κ2) is 8.73. The van der Waals surface area contributed by atoms with Crippen LogP contribution in [0.1, 0.15) is 10.4 Å². The predicted octanol–water partition coefficient (Wildman–Crippen LogP) is 3.98. The van der Waals surface area contributed by atoms with Gasteiger partial charge in [-0.15, -0.1) is 11.3 Å². The number of sulfone groups is 1. The number of carbonyl (C=O) groups is 1. The van der Waals surface area contributed by atoms with E-state index < -0.39 is 33.0 Å². The van der Waals surface area contributed by atoms with Crippen LogP contribution in [0.15, 0.2) is 52.7 Å². The normalized spacial score (nSPS) is 11.4. The van der Waals surface area contributed by atoms with Crippen molar-refractivity contribution in [1.29, 1.82) is 0 Å². The summed E-state index contributed by atoms with van der Waals surface area (Å²) in [6.07, 6.45) is 0.861. The summed E-state index contributed by atoms with van der Waals surface area (Å²) in [5, 5.41) is 15.1. The molecule has 0 fully saturated rings. The molecule has 13 heteroatoms. The summed E-state index contributed by atoms with van der Waals surface area (Å²) in [6.45, 7) is -3.03. The number of benzene rings is 2. The fourth-order valence-electron chi connectivity index (χ4n) is 2.54. The summed E-state index contributed by atoms with van der Waals surface area (Å²) in [7, 11) is -3.81. The molecule has 0 atom stereocenters. The number of thiazole rings is 1. The van der Waals surface area contributed by atoms with E-state index in [2.05, 4.69) is 15.0 Å². The molecular weight excluding hydrogens is 456 g/mol. The largest absolute Gasteiger partial charge is 0.434 e. The number of anilines is 1. The number of hydrogen-bond donors (Lipinski definition) is 1. The summed E-state index contributed by atoms with van der Waals surface area (Å²) in [6, 6.07) is 8.76. The third-order valence-corrected chi connectivity index (χ3v) is 5.75. The Morgan fingerprint density at radius 2 is 1.97 bits per heavy atom. The number of nitrogens with zero attached hydrogens (tertiary/aromatic N) is 2. The molecule has 31 heavy (non-hydrogen) atoms. The molecule has 3 aromatic rings. The second-order valence-electron chi connectivity index (χ2n) is 6.11. The fourth-order valence-corrected chi connectivity index (χ4v) is 3.92. The molecule has 0 spiro atoms. The Morgan fingerprint density at radius 3 is 2.61 bits per heavy atom. The lowest BCUT2D eigenvalue weighted by molar-refractivity contribution is -0.385. The Balaban J connectivity index is 1.89. The van der Waals surface area contributed by atoms with Crippen LogP contribution >= 0.6 is 11.3 Å². The number of nitro groups is 1. The summed E-state index contributed by atoms with van der Waals surface area (Å²) in [5.74, 6) is -0.927. The molecule has 0 saturated heterocycles. The van der Waals surface area contributed by atoms with Gasteiger partial charge in [-0.05, 0) is 18.2 Å². The molecule has 1 heterocycles. The maximum absolute atomic E-state index is 12.6. The Bertz CT molecular complexity index is 1260. The molecule has 1 aromatic heterocycles. The van der Waals surface area contributed by atoms with Crippen molar-refractivity contribution in [3.63, 3.8) is 0 Å². The van der Waals surface area contributed by atoms with Gasteiger partial charge < -0.3 is 4.74 Å². The number of nitro benzene ring substituents is 1. The lowest BCUT2D eigenvalue weighted by Crippen LogP contribution is -2.13. The van der Waals surface area contributed by atoms with Gasteiger partial charge in [0.15, 0.2) is 15.0 Å². The molecule has 0 radical (unpaired) electrons. The molecule has 9 nitrogen and oxygen atoms in total. The van der Waals surface area contributed by atoms with Crippen LogP contribution < -0.4 is 10.1 Å². The van der Waals surface area contributed by atoms with E-state index in [1.54, 1.807) is 6.07 Å². The van der Waals surface area contributed by atoms with Crippen LogP contribution in [0.4, 0.5) is 19.6 Å². The Hall–Kier alpha value is -3.45. The van der Waals surface area contributed by atoms with Crippen molar-refractivity contribution < 1.29 is 31.7 Å². The first-order valence-electron chi connectivity index (χ1n) is 8.35. The topological polar surface area (TPSA) is 128 Å². The van der Waals surface area contributed by atoms with Crippen LogP contribution in [0, 0.1) is 10.1 Å². The number of ether oxygens (including phenoxy) is 1. The van der Waals surface area contributed by atoms with Gasteiger partial charge in [0.05, 0.1) is 15.5 Å². The molecule has 162 valence electrons. The Labute approximate surface area is 178 Å². The van der Waals surface area contributed by atoms with E-state index in [-0.39, 0.29) is 32.6 Å². The highest BCUT2D eigenvalue weighted by atomic mass is 32.2. The first-order valence-corrected chi connectivity index (χ1v) is 11.1. The molecule has 0 unspecified atom stereocenters. The lowest BCUT2D eigenvalue weighted by atomic mass is 10.1. The first-order chi connectivity index (χ1) is 14.5. The molecule has 3 rings (SSSR count). The molecule has 0 bridgehead atoms. The number of amides is 1. The van der Waals surface area contributed by atoms with Gasteiger partial charge in [-0.1, -0.05) is 12.1 Å². The van der Waals surface area contributed by atoms with Crippen LogP contribution in [-0.2, 0) is 9.84 Å². The second-order valence-corrected chi connectivity index (χ2v) is 8.99. The SMILES string of the molecule is CS(=O)(=O)c1cc(C(=O)Nc2nc(-c3ccccc3OC(F)F)cs2)cc([N+](=O)[O-])c1. The highest BCUT2D eigenvalue weighted by Crippen LogP contribution is 2.33. The third kappa shape index (κ3) is 5.38. The summed E-state index contributed by atoms with van der Waals surface area (Å²) >= 11 is 0.977. The number of alkyl halides is 2. The van der Waals surface area contributed by atoms with E-state index >= 15 is 0 Å². The number of carbonyl (C=O) groups excluding carboxylic acids is 1. The quantitative estimate of drug-likeness (QED) is 0.409. The predicted molar refractivity (Wildman–Crippen MR) is 108 cm³/mol. The number of non-ortho nitro benzene ring substituents is 1. The van der Waals surface area contributed by atoms with Crippen molar-refractivity contribution in [2.75, 3.05) is 11.6 Å². The van der Waals surface area contributed by atoms with Crippen LogP contribution in [0.3, 0.4) is 0 Å². The van der Waals surface area contributed by atoms with Gasteiger partial charge in [-0.2, -0.15) is 8.78 Å². The molecule has 2 aromatic carbocycles. The van der Waals surface area contributed by atoms with Gasteiger partial charge in [0, 0.05) is 34.9 Å². The van der Waals surface area contributed by atoms with Crippen molar-refractivity contribution >= 4 is 37.9 Å². The standard InChI is InChI=1S/C18H13F2N3O6S2/c1-31(27,28)12-7-10(6-11(8-12)23(25)26)16(24)22-18-21-14(9-30-18)13-4-2-3-5-15(13)29-17(19)20/h2-9,17H,1H3,(H,21,22,24). The smallest absolute Gasteiger partial charge is 0.387 e. The average Bonchev–Trinajstić information content (AvgIpc) is 3.15. The van der Waals surface area contributed by atoms with Crippen LogP contribution in [-0.4, -0.2) is 37.1 Å². The molecular formula is C18H13F2N3O6S2. The number of nitrogens with one attached hydrogen (secondary N) is 1. The third-order valence-electron chi connectivity index (χ3n) is 3.90. The minimum absolute atomic E-state index is 0.0688.